The van der Waals surface area contributed by atoms with Crippen molar-refractivity contribution in [3.63, 3.8) is 0 Å². The molecule has 0 aromatic heterocycles. The van der Waals surface area contributed by atoms with Crippen LogP contribution >= 0.6 is 0 Å². The summed E-state index contributed by atoms with van der Waals surface area (Å²) in [6, 6.07) is 16.2. The van der Waals surface area contributed by atoms with E-state index >= 15 is 0 Å². The predicted molar refractivity (Wildman–Crippen MR) is 124 cm³/mol. The molecule has 6 heteroatoms. The Morgan fingerprint density at radius 3 is 2.29 bits per heavy atom. The lowest BCUT2D eigenvalue weighted by molar-refractivity contribution is -0.120. The summed E-state index contributed by atoms with van der Waals surface area (Å²) in [6.07, 6.45) is 0.912. The molecule has 1 heterocycles. The smallest absolute Gasteiger partial charge is 0.251 e. The van der Waals surface area contributed by atoms with Crippen molar-refractivity contribution >= 4 is 11.8 Å². The number of nitrogens with one attached hydrogen (secondary N) is 2. The number of piperazine rings is 1. The molecule has 1 fully saturated rings. The standard InChI is InChI=1S/C25H34N4O2/c1-20-9-10-23(17-21(20)2)25(31)27-18-24(30)26-11-6-12-28-13-15-29(16-14-28)19-22-7-4-3-5-8-22/h3-5,7-10,17H,6,11-16,18-19H2,1-2H3,(H,26,30)(H,27,31). The van der Waals surface area contributed by atoms with Crippen LogP contribution < -0.4 is 10.6 Å². The van der Waals surface area contributed by atoms with Crippen LogP contribution in [0, 0.1) is 13.8 Å². The Bertz CT molecular complexity index is 861. The second kappa shape index (κ2) is 11.6. The highest BCUT2D eigenvalue weighted by Crippen LogP contribution is 2.10. The summed E-state index contributed by atoms with van der Waals surface area (Å²) in [5, 5.41) is 5.59. The molecule has 0 atom stereocenters. The third-order valence-electron chi connectivity index (χ3n) is 5.87. The highest BCUT2D eigenvalue weighted by atomic mass is 16.2. The monoisotopic (exact) mass is 422 g/mol. The van der Waals surface area contributed by atoms with Gasteiger partial charge in [-0.25, -0.2) is 0 Å². The normalized spacial score (nSPS) is 14.9. The van der Waals surface area contributed by atoms with Crippen LogP contribution in [0.3, 0.4) is 0 Å². The lowest BCUT2D eigenvalue weighted by atomic mass is 10.1. The van der Waals surface area contributed by atoms with Crippen molar-refractivity contribution < 1.29 is 9.59 Å². The van der Waals surface area contributed by atoms with E-state index in [9.17, 15) is 9.59 Å². The summed E-state index contributed by atoms with van der Waals surface area (Å²) in [6.45, 7) is 10.9. The summed E-state index contributed by atoms with van der Waals surface area (Å²) in [4.78, 5) is 29.2. The first-order valence-electron chi connectivity index (χ1n) is 11.1. The molecular weight excluding hydrogens is 388 g/mol. The summed E-state index contributed by atoms with van der Waals surface area (Å²) in [7, 11) is 0. The first-order chi connectivity index (χ1) is 15.0. The Morgan fingerprint density at radius 2 is 1.58 bits per heavy atom. The largest absolute Gasteiger partial charge is 0.355 e. The number of hydrogen-bond acceptors (Lipinski definition) is 4. The number of hydrogen-bond donors (Lipinski definition) is 2. The molecule has 0 radical (unpaired) electrons. The Morgan fingerprint density at radius 1 is 0.871 bits per heavy atom. The molecule has 2 N–H and O–H groups in total. The van der Waals surface area contributed by atoms with Gasteiger partial charge in [0.2, 0.25) is 5.91 Å². The fourth-order valence-corrected chi connectivity index (χ4v) is 3.75. The maximum absolute atomic E-state index is 12.2. The van der Waals surface area contributed by atoms with Gasteiger partial charge in [-0.1, -0.05) is 36.4 Å². The molecule has 1 aliphatic rings. The Kier molecular flexibility index (Phi) is 8.62. The minimum atomic E-state index is -0.216. The number of rotatable bonds is 9. The van der Waals surface area contributed by atoms with E-state index < -0.39 is 0 Å². The van der Waals surface area contributed by atoms with Crippen molar-refractivity contribution in [2.45, 2.75) is 26.8 Å². The van der Waals surface area contributed by atoms with E-state index in [0.29, 0.717) is 12.1 Å². The maximum Gasteiger partial charge on any atom is 0.251 e. The zero-order valence-electron chi connectivity index (χ0n) is 18.7. The number of nitrogens with zero attached hydrogens (tertiary/aromatic N) is 2. The van der Waals surface area contributed by atoms with Crippen molar-refractivity contribution in [2.75, 3.05) is 45.8 Å². The summed E-state index contributed by atoms with van der Waals surface area (Å²) in [5.74, 6) is -0.364. The first kappa shape index (κ1) is 23.0. The fraction of sp³-hybridized carbons (Fsp3) is 0.440. The number of aryl methyl sites for hydroxylation is 2. The highest BCUT2D eigenvalue weighted by molar-refractivity contribution is 5.96. The number of benzene rings is 2. The van der Waals surface area contributed by atoms with Gasteiger partial charge in [-0.05, 0) is 55.6 Å². The first-order valence-corrected chi connectivity index (χ1v) is 11.1. The van der Waals surface area contributed by atoms with Gasteiger partial charge in [-0.2, -0.15) is 0 Å². The summed E-state index contributed by atoms with van der Waals surface area (Å²) in [5.41, 5.74) is 4.16. The molecule has 6 nitrogen and oxygen atoms in total. The van der Waals surface area contributed by atoms with E-state index in [2.05, 4.69) is 50.8 Å². The van der Waals surface area contributed by atoms with Crippen LogP contribution in [0.15, 0.2) is 48.5 Å². The SMILES string of the molecule is Cc1ccc(C(=O)NCC(=O)NCCCN2CCN(Cc3ccccc3)CC2)cc1C. The second-order valence-electron chi connectivity index (χ2n) is 8.29. The van der Waals surface area contributed by atoms with E-state index in [0.717, 1.165) is 56.8 Å². The molecule has 1 saturated heterocycles. The number of carbonyl (C=O) groups is 2. The molecule has 0 unspecified atom stereocenters. The van der Waals surface area contributed by atoms with Crippen LogP contribution in [0.25, 0.3) is 0 Å². The van der Waals surface area contributed by atoms with Crippen LogP contribution in [0.4, 0.5) is 0 Å². The third-order valence-corrected chi connectivity index (χ3v) is 5.87. The lowest BCUT2D eigenvalue weighted by Crippen LogP contribution is -2.46. The maximum atomic E-state index is 12.2. The molecule has 2 amide bonds. The van der Waals surface area contributed by atoms with E-state index in [1.54, 1.807) is 6.07 Å². The molecule has 0 aliphatic carbocycles. The minimum Gasteiger partial charge on any atom is -0.355 e. The number of amides is 2. The molecule has 0 bridgehead atoms. The van der Waals surface area contributed by atoms with E-state index in [4.69, 9.17) is 0 Å². The molecule has 3 rings (SSSR count). The van der Waals surface area contributed by atoms with E-state index in [1.165, 1.54) is 5.56 Å². The van der Waals surface area contributed by atoms with Gasteiger partial charge in [0, 0.05) is 44.8 Å². The summed E-state index contributed by atoms with van der Waals surface area (Å²) >= 11 is 0. The van der Waals surface area contributed by atoms with Crippen LogP contribution in [-0.2, 0) is 11.3 Å². The van der Waals surface area contributed by atoms with Crippen molar-refractivity contribution in [1.82, 2.24) is 20.4 Å². The van der Waals surface area contributed by atoms with Crippen LogP contribution in [-0.4, -0.2) is 67.4 Å². The third kappa shape index (κ3) is 7.49. The van der Waals surface area contributed by atoms with Gasteiger partial charge in [0.15, 0.2) is 0 Å². The highest BCUT2D eigenvalue weighted by Gasteiger charge is 2.16. The average molecular weight is 423 g/mol. The second-order valence-corrected chi connectivity index (χ2v) is 8.29. The lowest BCUT2D eigenvalue weighted by Gasteiger charge is -2.34. The van der Waals surface area contributed by atoms with E-state index in [1.807, 2.05) is 26.0 Å². The van der Waals surface area contributed by atoms with Gasteiger partial charge >= 0.3 is 0 Å². The van der Waals surface area contributed by atoms with Gasteiger partial charge in [-0.15, -0.1) is 0 Å². The van der Waals surface area contributed by atoms with Crippen LogP contribution in [0.5, 0.6) is 0 Å². The van der Waals surface area contributed by atoms with Gasteiger partial charge < -0.3 is 15.5 Å². The topological polar surface area (TPSA) is 64.7 Å². The molecule has 31 heavy (non-hydrogen) atoms. The van der Waals surface area contributed by atoms with Gasteiger partial charge in [0.05, 0.1) is 6.54 Å². The number of carbonyl (C=O) groups excluding carboxylic acids is 2. The Balaban J connectivity index is 1.26. The molecule has 1 aliphatic heterocycles. The molecule has 0 spiro atoms. The average Bonchev–Trinajstić information content (AvgIpc) is 2.78. The predicted octanol–water partition coefficient (Wildman–Crippen LogP) is 2.36. The van der Waals surface area contributed by atoms with Crippen LogP contribution in [0.2, 0.25) is 0 Å². The van der Waals surface area contributed by atoms with Crippen molar-refractivity contribution in [3.05, 3.63) is 70.8 Å². The molecular formula is C25H34N4O2. The zero-order chi connectivity index (χ0) is 22.1. The van der Waals surface area contributed by atoms with Crippen LogP contribution in [0.1, 0.15) is 33.5 Å². The van der Waals surface area contributed by atoms with E-state index in [-0.39, 0.29) is 18.4 Å². The Hall–Kier alpha value is -2.70. The minimum absolute atomic E-state index is 0.00389. The molecule has 0 saturated carbocycles. The van der Waals surface area contributed by atoms with Crippen molar-refractivity contribution in [2.24, 2.45) is 0 Å². The Labute approximate surface area is 185 Å². The van der Waals surface area contributed by atoms with Crippen molar-refractivity contribution in [3.8, 4) is 0 Å². The van der Waals surface area contributed by atoms with Gasteiger partial charge in [0.25, 0.3) is 5.91 Å². The van der Waals surface area contributed by atoms with Crippen molar-refractivity contribution in [1.29, 1.82) is 0 Å². The molecule has 2 aromatic carbocycles. The zero-order valence-corrected chi connectivity index (χ0v) is 18.7. The molecule has 166 valence electrons. The summed E-state index contributed by atoms with van der Waals surface area (Å²) < 4.78 is 0. The van der Waals surface area contributed by atoms with Gasteiger partial charge in [0.1, 0.15) is 0 Å². The molecule has 2 aromatic rings. The quantitative estimate of drug-likeness (QED) is 0.609. The fourth-order valence-electron chi connectivity index (χ4n) is 3.75. The van der Waals surface area contributed by atoms with Gasteiger partial charge in [-0.3, -0.25) is 14.5 Å².